The van der Waals surface area contributed by atoms with Gasteiger partial charge < -0.3 is 0 Å². The van der Waals surface area contributed by atoms with Crippen LogP contribution in [0.15, 0.2) is 30.6 Å². The highest BCUT2D eigenvalue weighted by atomic mass is 15.0. The van der Waals surface area contributed by atoms with Crippen molar-refractivity contribution in [2.24, 2.45) is 0 Å². The average molecular weight is 220 g/mol. The van der Waals surface area contributed by atoms with E-state index < -0.39 is 0 Å². The van der Waals surface area contributed by atoms with Crippen molar-refractivity contribution in [3.63, 3.8) is 0 Å². The summed E-state index contributed by atoms with van der Waals surface area (Å²) in [6, 6.07) is 6.36. The Morgan fingerprint density at radius 2 is 1.38 bits per heavy atom. The fourth-order valence-electron chi connectivity index (χ4n) is 2.26. The van der Waals surface area contributed by atoms with Crippen molar-refractivity contribution in [2.75, 3.05) is 0 Å². The van der Waals surface area contributed by atoms with Gasteiger partial charge in [-0.3, -0.25) is 0 Å². The Kier molecular flexibility index (Phi) is 5.51. The topological polar surface area (TPSA) is 3.88 Å². The molecule has 0 fully saturated rings. The minimum atomic E-state index is 0.313. The highest BCUT2D eigenvalue weighted by Gasteiger charge is 2.32. The third kappa shape index (κ3) is 3.62. The van der Waals surface area contributed by atoms with Gasteiger partial charge in [-0.15, -0.1) is 0 Å². The van der Waals surface area contributed by atoms with Gasteiger partial charge in [-0.2, -0.15) is 0 Å². The molecular weight excluding hydrogens is 194 g/mol. The molecule has 0 spiro atoms. The summed E-state index contributed by atoms with van der Waals surface area (Å²) in [5.74, 6) is 0. The largest absolute Gasteiger partial charge is 0.200 e. The van der Waals surface area contributed by atoms with E-state index in [1.54, 1.807) is 0 Å². The predicted octanol–water partition coefficient (Wildman–Crippen LogP) is 4.07. The molecule has 0 aromatic carbocycles. The first-order valence-electron chi connectivity index (χ1n) is 6.69. The summed E-state index contributed by atoms with van der Waals surface area (Å²) in [6.45, 7) is 6.95. The van der Waals surface area contributed by atoms with Gasteiger partial charge >= 0.3 is 0 Å². The van der Waals surface area contributed by atoms with E-state index >= 15 is 0 Å². The fourth-order valence-corrected chi connectivity index (χ4v) is 2.26. The molecular formula is C15H26N+. The van der Waals surface area contributed by atoms with Crippen molar-refractivity contribution in [1.82, 2.24) is 0 Å². The van der Waals surface area contributed by atoms with Gasteiger partial charge in [0.2, 0.25) is 0 Å². The molecule has 0 bridgehead atoms. The maximum Gasteiger partial charge on any atom is 0.169 e. The molecule has 0 N–H and O–H groups in total. The Bertz CT molecular complexity index is 271. The van der Waals surface area contributed by atoms with E-state index in [1.807, 2.05) is 0 Å². The highest BCUT2D eigenvalue weighted by molar-refractivity contribution is 4.85. The molecule has 0 radical (unpaired) electrons. The van der Waals surface area contributed by atoms with Gasteiger partial charge in [-0.05, 0) is 12.8 Å². The zero-order valence-corrected chi connectivity index (χ0v) is 11.1. The lowest BCUT2D eigenvalue weighted by Gasteiger charge is -2.24. The van der Waals surface area contributed by atoms with Crippen molar-refractivity contribution in [3.05, 3.63) is 30.6 Å². The molecule has 0 aliphatic heterocycles. The number of unbranched alkanes of at least 4 members (excludes halogenated alkanes) is 2. The van der Waals surface area contributed by atoms with Crippen LogP contribution in [0, 0.1) is 0 Å². The van der Waals surface area contributed by atoms with Crippen LogP contribution in [-0.2, 0) is 5.54 Å². The molecule has 1 heteroatoms. The van der Waals surface area contributed by atoms with Gasteiger partial charge in [0, 0.05) is 31.9 Å². The zero-order chi connectivity index (χ0) is 11.9. The van der Waals surface area contributed by atoms with Crippen molar-refractivity contribution in [2.45, 2.75) is 64.8 Å². The molecule has 1 nitrogen and oxygen atoms in total. The third-order valence-corrected chi connectivity index (χ3v) is 3.48. The smallest absolute Gasteiger partial charge is 0.169 e. The van der Waals surface area contributed by atoms with Crippen LogP contribution in [0.3, 0.4) is 0 Å². The van der Waals surface area contributed by atoms with Gasteiger partial charge in [0.15, 0.2) is 17.9 Å². The SMILES string of the molecule is CCCCC(C)(CCCC)[n+]1ccccc1. The van der Waals surface area contributed by atoms with E-state index in [4.69, 9.17) is 0 Å². The molecule has 90 valence electrons. The molecule has 16 heavy (non-hydrogen) atoms. The summed E-state index contributed by atoms with van der Waals surface area (Å²) in [7, 11) is 0. The molecule has 0 aliphatic carbocycles. The van der Waals surface area contributed by atoms with E-state index in [-0.39, 0.29) is 0 Å². The average Bonchev–Trinajstić information content (AvgIpc) is 2.35. The summed E-state index contributed by atoms with van der Waals surface area (Å²) < 4.78 is 2.40. The second-order valence-electron chi connectivity index (χ2n) is 4.99. The Morgan fingerprint density at radius 3 is 1.81 bits per heavy atom. The second kappa shape index (κ2) is 6.67. The van der Waals surface area contributed by atoms with Gasteiger partial charge in [0.25, 0.3) is 0 Å². The Labute approximate surface area is 101 Å². The quantitative estimate of drug-likeness (QED) is 0.610. The minimum absolute atomic E-state index is 0.313. The lowest BCUT2D eigenvalue weighted by atomic mass is 9.88. The Balaban J connectivity index is 2.77. The molecule has 1 rings (SSSR count). The van der Waals surface area contributed by atoms with Crippen LogP contribution in [-0.4, -0.2) is 0 Å². The highest BCUT2D eigenvalue weighted by Crippen LogP contribution is 2.23. The number of hydrogen-bond acceptors (Lipinski definition) is 0. The number of rotatable bonds is 7. The summed E-state index contributed by atoms with van der Waals surface area (Å²) in [5.41, 5.74) is 0.313. The number of pyridine rings is 1. The first kappa shape index (κ1) is 13.2. The predicted molar refractivity (Wildman–Crippen MR) is 69.3 cm³/mol. The molecule has 1 heterocycles. The second-order valence-corrected chi connectivity index (χ2v) is 4.99. The molecule has 0 aliphatic rings. The Morgan fingerprint density at radius 1 is 0.875 bits per heavy atom. The van der Waals surface area contributed by atoms with E-state index in [2.05, 4.69) is 55.9 Å². The van der Waals surface area contributed by atoms with Crippen LogP contribution in [0.2, 0.25) is 0 Å². The maximum atomic E-state index is 2.40. The third-order valence-electron chi connectivity index (χ3n) is 3.48. The van der Waals surface area contributed by atoms with E-state index in [1.165, 1.54) is 38.5 Å². The summed E-state index contributed by atoms with van der Waals surface area (Å²) >= 11 is 0. The molecule has 0 atom stereocenters. The van der Waals surface area contributed by atoms with Crippen molar-refractivity contribution in [3.8, 4) is 0 Å². The van der Waals surface area contributed by atoms with Crippen LogP contribution >= 0.6 is 0 Å². The van der Waals surface area contributed by atoms with Crippen LogP contribution < -0.4 is 4.57 Å². The van der Waals surface area contributed by atoms with Crippen molar-refractivity contribution >= 4 is 0 Å². The molecule has 1 aromatic heterocycles. The van der Waals surface area contributed by atoms with E-state index in [0.29, 0.717) is 5.54 Å². The first-order valence-corrected chi connectivity index (χ1v) is 6.69. The fraction of sp³-hybridized carbons (Fsp3) is 0.667. The number of hydrogen-bond donors (Lipinski definition) is 0. The monoisotopic (exact) mass is 220 g/mol. The van der Waals surface area contributed by atoms with Crippen molar-refractivity contribution < 1.29 is 4.57 Å². The van der Waals surface area contributed by atoms with Crippen LogP contribution in [0.4, 0.5) is 0 Å². The van der Waals surface area contributed by atoms with Gasteiger partial charge in [-0.1, -0.05) is 32.8 Å². The van der Waals surface area contributed by atoms with Gasteiger partial charge in [0.05, 0.1) is 0 Å². The van der Waals surface area contributed by atoms with Gasteiger partial charge in [-0.25, -0.2) is 4.57 Å². The normalized spacial score (nSPS) is 11.7. The van der Waals surface area contributed by atoms with Crippen LogP contribution in [0.5, 0.6) is 0 Å². The molecule has 0 saturated heterocycles. The summed E-state index contributed by atoms with van der Waals surface area (Å²) in [6.07, 6.45) is 12.2. The lowest BCUT2D eigenvalue weighted by Crippen LogP contribution is -2.53. The first-order chi connectivity index (χ1) is 7.73. The summed E-state index contributed by atoms with van der Waals surface area (Å²) in [4.78, 5) is 0. The molecule has 0 unspecified atom stereocenters. The minimum Gasteiger partial charge on any atom is -0.200 e. The molecule has 0 saturated carbocycles. The lowest BCUT2D eigenvalue weighted by molar-refractivity contribution is -0.763. The number of nitrogens with zero attached hydrogens (tertiary/aromatic N) is 1. The zero-order valence-electron chi connectivity index (χ0n) is 11.1. The molecule has 1 aromatic rings. The molecule has 0 amide bonds. The van der Waals surface area contributed by atoms with Crippen LogP contribution in [0.1, 0.15) is 59.3 Å². The van der Waals surface area contributed by atoms with Crippen LogP contribution in [0.25, 0.3) is 0 Å². The summed E-state index contributed by atoms with van der Waals surface area (Å²) in [5, 5.41) is 0. The number of aromatic nitrogens is 1. The Hall–Kier alpha value is -0.850. The standard InChI is InChI=1S/C15H26N/c1-4-6-11-15(3,12-7-5-2)16-13-9-8-10-14-16/h8-10,13-14H,4-7,11-12H2,1-3H3/q+1. The maximum absolute atomic E-state index is 2.40. The van der Waals surface area contributed by atoms with E-state index in [0.717, 1.165) is 0 Å². The van der Waals surface area contributed by atoms with Crippen molar-refractivity contribution in [1.29, 1.82) is 0 Å². The van der Waals surface area contributed by atoms with Gasteiger partial charge in [0.1, 0.15) is 0 Å². The van der Waals surface area contributed by atoms with E-state index in [9.17, 15) is 0 Å².